The second kappa shape index (κ2) is 6.82. The van der Waals surface area contributed by atoms with Crippen LogP contribution in [0, 0.1) is 0 Å². The van der Waals surface area contributed by atoms with E-state index >= 15 is 0 Å². The van der Waals surface area contributed by atoms with Crippen LogP contribution in [0.25, 0.3) is 0 Å². The molecular weight excluding hydrogens is 367 g/mol. The number of alkyl halides is 3. The summed E-state index contributed by atoms with van der Waals surface area (Å²) in [5, 5.41) is 5.91. The fraction of sp³-hybridized carbons (Fsp3) is 0.231. The highest BCUT2D eigenvalue weighted by Gasteiger charge is 2.29. The first-order valence-corrected chi connectivity index (χ1v) is 6.90. The number of hydrogen-bond acceptors (Lipinski definition) is 3. The monoisotopic (exact) mass is 377 g/mol. The number of nitrogens with zero attached hydrogens (tertiary/aromatic N) is 2. The van der Waals surface area contributed by atoms with Crippen molar-refractivity contribution in [2.24, 2.45) is 0 Å². The highest BCUT2D eigenvalue weighted by Crippen LogP contribution is 2.23. The number of nitrogens with one attached hydrogen (secondary N) is 1. The van der Waals surface area contributed by atoms with E-state index in [0.717, 1.165) is 11.8 Å². The number of halogens is 4. The molecule has 0 unspecified atom stereocenters. The number of anilines is 1. The molecule has 118 valence electrons. The molecule has 1 aromatic heterocycles. The highest BCUT2D eigenvalue weighted by atomic mass is 79.9. The maximum atomic E-state index is 12.3. The summed E-state index contributed by atoms with van der Waals surface area (Å²) in [4.78, 5) is 11.6. The molecule has 0 aliphatic heterocycles. The molecule has 1 amide bonds. The van der Waals surface area contributed by atoms with Gasteiger partial charge in [0, 0.05) is 6.20 Å². The number of ether oxygens (including phenoxy) is 1. The summed E-state index contributed by atoms with van der Waals surface area (Å²) in [5.74, 6) is -0.0395. The van der Waals surface area contributed by atoms with Crippen molar-refractivity contribution < 1.29 is 22.7 Å². The highest BCUT2D eigenvalue weighted by molar-refractivity contribution is 9.10. The Kier molecular flexibility index (Phi) is 5.07. The molecule has 1 heterocycles. The van der Waals surface area contributed by atoms with Crippen molar-refractivity contribution in [2.75, 3.05) is 5.32 Å². The maximum Gasteiger partial charge on any atom is 0.413 e. The van der Waals surface area contributed by atoms with Gasteiger partial charge < -0.3 is 4.74 Å². The van der Waals surface area contributed by atoms with E-state index in [9.17, 15) is 18.0 Å². The Bertz CT molecular complexity index is 644. The summed E-state index contributed by atoms with van der Waals surface area (Å²) in [6.07, 6.45) is -4.07. The van der Waals surface area contributed by atoms with Crippen molar-refractivity contribution in [2.45, 2.75) is 19.3 Å². The van der Waals surface area contributed by atoms with E-state index in [-0.39, 0.29) is 16.9 Å². The lowest BCUT2D eigenvalue weighted by molar-refractivity contribution is -0.142. The number of amides is 1. The lowest BCUT2D eigenvalue weighted by Gasteiger charge is -2.06. The predicted octanol–water partition coefficient (Wildman–Crippen LogP) is 3.96. The SMILES string of the molecule is O=C(Nc1nn(CC(F)(F)F)cc1Br)OCc1ccccc1. The zero-order chi connectivity index (χ0) is 16.2. The molecule has 0 atom stereocenters. The van der Waals surface area contributed by atoms with Crippen LogP contribution in [0.15, 0.2) is 41.0 Å². The van der Waals surface area contributed by atoms with Crippen molar-refractivity contribution in [1.29, 1.82) is 0 Å². The second-order valence-electron chi connectivity index (χ2n) is 4.33. The number of aromatic nitrogens is 2. The lowest BCUT2D eigenvalue weighted by atomic mass is 10.2. The molecule has 22 heavy (non-hydrogen) atoms. The number of benzene rings is 1. The summed E-state index contributed by atoms with van der Waals surface area (Å²) in [5.41, 5.74) is 0.791. The van der Waals surface area contributed by atoms with E-state index < -0.39 is 18.8 Å². The fourth-order valence-corrected chi connectivity index (χ4v) is 2.02. The molecule has 5 nitrogen and oxygen atoms in total. The summed E-state index contributed by atoms with van der Waals surface area (Å²) in [6, 6.07) is 8.98. The van der Waals surface area contributed by atoms with E-state index in [1.165, 1.54) is 0 Å². The van der Waals surface area contributed by atoms with Gasteiger partial charge in [0.25, 0.3) is 0 Å². The first-order valence-electron chi connectivity index (χ1n) is 6.11. The minimum Gasteiger partial charge on any atom is -0.444 e. The molecule has 1 N–H and O–H groups in total. The van der Waals surface area contributed by atoms with E-state index in [4.69, 9.17) is 4.74 Å². The van der Waals surface area contributed by atoms with Crippen LogP contribution in [-0.4, -0.2) is 22.1 Å². The average Bonchev–Trinajstić information content (AvgIpc) is 2.75. The van der Waals surface area contributed by atoms with Gasteiger partial charge in [-0.25, -0.2) is 4.79 Å². The van der Waals surface area contributed by atoms with Crippen LogP contribution in [0.5, 0.6) is 0 Å². The molecule has 0 spiro atoms. The molecule has 1 aromatic carbocycles. The first-order chi connectivity index (χ1) is 10.3. The predicted molar refractivity (Wildman–Crippen MR) is 76.2 cm³/mol. The van der Waals surface area contributed by atoms with Gasteiger partial charge in [-0.1, -0.05) is 30.3 Å². The third-order valence-corrected chi connectivity index (χ3v) is 3.07. The van der Waals surface area contributed by atoms with Crippen molar-refractivity contribution in [3.8, 4) is 0 Å². The topological polar surface area (TPSA) is 56.2 Å². The van der Waals surface area contributed by atoms with Gasteiger partial charge in [0.15, 0.2) is 5.82 Å². The van der Waals surface area contributed by atoms with E-state index in [1.54, 1.807) is 24.3 Å². The quantitative estimate of drug-likeness (QED) is 0.877. The summed E-state index contributed by atoms with van der Waals surface area (Å²) in [7, 11) is 0. The Morgan fingerprint density at radius 1 is 1.32 bits per heavy atom. The molecule has 0 bridgehead atoms. The van der Waals surface area contributed by atoms with Crippen LogP contribution in [0.1, 0.15) is 5.56 Å². The van der Waals surface area contributed by atoms with E-state index in [1.807, 2.05) is 6.07 Å². The standard InChI is InChI=1S/C13H11BrF3N3O2/c14-10-6-20(8-13(15,16)17)19-11(10)18-12(21)22-7-9-4-2-1-3-5-9/h1-6H,7-8H2,(H,18,19,21). The Morgan fingerprint density at radius 2 is 2.00 bits per heavy atom. The van der Waals surface area contributed by atoms with Gasteiger partial charge in [0.2, 0.25) is 0 Å². The Labute approximate surface area is 132 Å². The molecule has 9 heteroatoms. The smallest absolute Gasteiger partial charge is 0.413 e. The molecule has 0 fully saturated rings. The van der Waals surface area contributed by atoms with Gasteiger partial charge in [-0.15, -0.1) is 0 Å². The van der Waals surface area contributed by atoms with Crippen molar-refractivity contribution in [3.05, 3.63) is 46.6 Å². The minimum atomic E-state index is -4.39. The van der Waals surface area contributed by atoms with Crippen LogP contribution in [0.4, 0.5) is 23.8 Å². The van der Waals surface area contributed by atoms with Gasteiger partial charge in [-0.05, 0) is 21.5 Å². The lowest BCUT2D eigenvalue weighted by Crippen LogP contribution is -2.19. The zero-order valence-electron chi connectivity index (χ0n) is 11.1. The van der Waals surface area contributed by atoms with E-state index in [2.05, 4.69) is 26.3 Å². The Morgan fingerprint density at radius 3 is 2.64 bits per heavy atom. The van der Waals surface area contributed by atoms with Gasteiger partial charge in [0.05, 0.1) is 4.47 Å². The van der Waals surface area contributed by atoms with Gasteiger partial charge in [-0.3, -0.25) is 10.00 Å². The summed E-state index contributed by atoms with van der Waals surface area (Å²) in [6.45, 7) is -1.19. The van der Waals surface area contributed by atoms with Crippen LogP contribution in [0.2, 0.25) is 0 Å². The van der Waals surface area contributed by atoms with Gasteiger partial charge >= 0.3 is 12.3 Å². The minimum absolute atomic E-state index is 0.0395. The fourth-order valence-electron chi connectivity index (χ4n) is 1.60. The number of carbonyl (C=O) groups excluding carboxylic acids is 1. The van der Waals surface area contributed by atoms with Crippen molar-refractivity contribution >= 4 is 27.8 Å². The average molecular weight is 378 g/mol. The van der Waals surface area contributed by atoms with Crippen molar-refractivity contribution in [1.82, 2.24) is 9.78 Å². The molecule has 0 saturated carbocycles. The molecule has 0 radical (unpaired) electrons. The zero-order valence-corrected chi connectivity index (χ0v) is 12.7. The molecule has 0 aliphatic rings. The van der Waals surface area contributed by atoms with Crippen LogP contribution in [0.3, 0.4) is 0 Å². The third kappa shape index (κ3) is 5.06. The van der Waals surface area contributed by atoms with Crippen LogP contribution in [-0.2, 0) is 17.9 Å². The van der Waals surface area contributed by atoms with Gasteiger partial charge in [0.1, 0.15) is 13.2 Å². The molecule has 0 aliphatic carbocycles. The van der Waals surface area contributed by atoms with Crippen molar-refractivity contribution in [3.63, 3.8) is 0 Å². The third-order valence-electron chi connectivity index (χ3n) is 2.49. The molecular formula is C13H11BrF3N3O2. The Balaban J connectivity index is 1.91. The normalized spacial score (nSPS) is 11.3. The largest absolute Gasteiger partial charge is 0.444 e. The van der Waals surface area contributed by atoms with E-state index in [0.29, 0.717) is 4.68 Å². The summed E-state index contributed by atoms with van der Waals surface area (Å²) < 4.78 is 42.7. The number of hydrogen-bond donors (Lipinski definition) is 1. The van der Waals surface area contributed by atoms with Crippen LogP contribution >= 0.6 is 15.9 Å². The molecule has 2 rings (SSSR count). The van der Waals surface area contributed by atoms with Crippen LogP contribution < -0.4 is 5.32 Å². The first kappa shape index (κ1) is 16.3. The summed E-state index contributed by atoms with van der Waals surface area (Å²) >= 11 is 3.03. The second-order valence-corrected chi connectivity index (χ2v) is 5.18. The molecule has 2 aromatic rings. The maximum absolute atomic E-state index is 12.3. The number of rotatable bonds is 4. The van der Waals surface area contributed by atoms with Gasteiger partial charge in [-0.2, -0.15) is 18.3 Å². The molecule has 0 saturated heterocycles. The Hall–Kier alpha value is -2.03. The number of carbonyl (C=O) groups is 1.